The lowest BCUT2D eigenvalue weighted by atomic mass is 10.0. The van der Waals surface area contributed by atoms with Gasteiger partial charge in [0.15, 0.2) is 0 Å². The van der Waals surface area contributed by atoms with Crippen LogP contribution in [0.1, 0.15) is 12.8 Å². The molecule has 23 heavy (non-hydrogen) atoms. The number of anilines is 1. The van der Waals surface area contributed by atoms with Crippen molar-refractivity contribution in [2.75, 3.05) is 25.1 Å². The predicted molar refractivity (Wildman–Crippen MR) is 90.8 cm³/mol. The molecule has 3 aromatic rings. The third-order valence-corrected chi connectivity index (χ3v) is 4.34. The Labute approximate surface area is 135 Å². The molecule has 0 aliphatic carbocycles. The maximum absolute atomic E-state index is 5.43. The molecule has 4 rings (SSSR count). The first kappa shape index (κ1) is 13.9. The summed E-state index contributed by atoms with van der Waals surface area (Å²) in [5.74, 6) is 1.65. The van der Waals surface area contributed by atoms with E-state index in [-0.39, 0.29) is 0 Å². The Morgan fingerprint density at radius 1 is 0.957 bits per heavy atom. The molecule has 0 unspecified atom stereocenters. The van der Waals surface area contributed by atoms with Gasteiger partial charge in [-0.15, -0.1) is 0 Å². The molecule has 0 amide bonds. The number of hydrogen-bond acceptors (Lipinski definition) is 5. The van der Waals surface area contributed by atoms with E-state index in [1.165, 1.54) is 12.8 Å². The average Bonchev–Trinajstić information content (AvgIpc) is 3.15. The fourth-order valence-electron chi connectivity index (χ4n) is 3.13. The van der Waals surface area contributed by atoms with Crippen LogP contribution in [0.2, 0.25) is 0 Å². The zero-order chi connectivity index (χ0) is 15.6. The van der Waals surface area contributed by atoms with Crippen molar-refractivity contribution in [3.05, 3.63) is 43.0 Å². The van der Waals surface area contributed by atoms with Gasteiger partial charge in [0, 0.05) is 48.8 Å². The first-order chi connectivity index (χ1) is 11.4. The summed E-state index contributed by atoms with van der Waals surface area (Å²) in [7, 11) is 1.68. The van der Waals surface area contributed by atoms with Gasteiger partial charge in [-0.3, -0.25) is 4.98 Å². The molecule has 1 aromatic carbocycles. The third-order valence-electron chi connectivity index (χ3n) is 4.34. The van der Waals surface area contributed by atoms with E-state index in [1.807, 2.05) is 30.7 Å². The van der Waals surface area contributed by atoms with E-state index in [0.717, 1.165) is 46.7 Å². The number of methoxy groups -OCH3 is 1. The van der Waals surface area contributed by atoms with E-state index in [2.05, 4.69) is 25.9 Å². The lowest BCUT2D eigenvalue weighted by molar-refractivity contribution is 0.420. The van der Waals surface area contributed by atoms with Gasteiger partial charge < -0.3 is 9.64 Å². The maximum atomic E-state index is 5.43. The molecule has 0 radical (unpaired) electrons. The highest BCUT2D eigenvalue weighted by atomic mass is 16.5. The molecule has 3 heterocycles. The van der Waals surface area contributed by atoms with Crippen LogP contribution in [0.4, 0.5) is 5.95 Å². The molecule has 5 heteroatoms. The van der Waals surface area contributed by atoms with Gasteiger partial charge in [-0.1, -0.05) is 0 Å². The Hall–Kier alpha value is -2.69. The minimum Gasteiger partial charge on any atom is -0.496 e. The van der Waals surface area contributed by atoms with E-state index < -0.39 is 0 Å². The number of pyridine rings is 1. The van der Waals surface area contributed by atoms with Crippen molar-refractivity contribution in [2.45, 2.75) is 12.8 Å². The fraction of sp³-hybridized carbons (Fsp3) is 0.278. The van der Waals surface area contributed by atoms with Crippen molar-refractivity contribution in [3.8, 4) is 16.9 Å². The van der Waals surface area contributed by atoms with E-state index >= 15 is 0 Å². The van der Waals surface area contributed by atoms with Gasteiger partial charge in [0.2, 0.25) is 5.95 Å². The second-order valence-corrected chi connectivity index (χ2v) is 5.70. The summed E-state index contributed by atoms with van der Waals surface area (Å²) in [5, 5.41) is 2.09. The van der Waals surface area contributed by atoms with Crippen LogP contribution in [0, 0.1) is 0 Å². The highest BCUT2D eigenvalue weighted by Crippen LogP contribution is 2.33. The fourth-order valence-corrected chi connectivity index (χ4v) is 3.13. The van der Waals surface area contributed by atoms with Crippen molar-refractivity contribution in [2.24, 2.45) is 0 Å². The van der Waals surface area contributed by atoms with Gasteiger partial charge in [-0.05, 0) is 42.0 Å². The molecule has 1 aliphatic rings. The summed E-state index contributed by atoms with van der Waals surface area (Å²) < 4.78 is 5.43. The zero-order valence-electron chi connectivity index (χ0n) is 13.1. The number of benzene rings is 1. The number of nitrogens with zero attached hydrogens (tertiary/aromatic N) is 4. The summed E-state index contributed by atoms with van der Waals surface area (Å²) in [4.78, 5) is 15.5. The van der Waals surface area contributed by atoms with E-state index in [4.69, 9.17) is 4.74 Å². The Balaban J connectivity index is 1.77. The van der Waals surface area contributed by atoms with Crippen molar-refractivity contribution < 1.29 is 4.74 Å². The van der Waals surface area contributed by atoms with E-state index in [0.29, 0.717) is 0 Å². The summed E-state index contributed by atoms with van der Waals surface area (Å²) in [5.41, 5.74) is 2.10. The minimum absolute atomic E-state index is 0.825. The van der Waals surface area contributed by atoms with E-state index in [9.17, 15) is 0 Å². The van der Waals surface area contributed by atoms with Gasteiger partial charge in [-0.2, -0.15) is 0 Å². The van der Waals surface area contributed by atoms with Crippen LogP contribution in [0.5, 0.6) is 5.75 Å². The van der Waals surface area contributed by atoms with Crippen molar-refractivity contribution >= 4 is 16.7 Å². The normalized spacial score (nSPS) is 14.4. The Morgan fingerprint density at radius 3 is 2.48 bits per heavy atom. The molecule has 2 aromatic heterocycles. The molecule has 0 atom stereocenters. The van der Waals surface area contributed by atoms with Crippen LogP contribution in [-0.4, -0.2) is 35.2 Å². The maximum Gasteiger partial charge on any atom is 0.225 e. The first-order valence-corrected chi connectivity index (χ1v) is 7.85. The quantitative estimate of drug-likeness (QED) is 0.743. The number of aromatic nitrogens is 3. The number of ether oxygens (including phenoxy) is 1. The van der Waals surface area contributed by atoms with Gasteiger partial charge in [0.25, 0.3) is 0 Å². The SMILES string of the molecule is COc1ccc(-c2cnc(N3CCCC3)nc2)c2ccncc12. The van der Waals surface area contributed by atoms with Gasteiger partial charge in [0.1, 0.15) is 5.75 Å². The Bertz CT molecular complexity index is 826. The van der Waals surface area contributed by atoms with Crippen LogP contribution in [-0.2, 0) is 0 Å². The average molecular weight is 306 g/mol. The Kier molecular flexibility index (Phi) is 3.54. The largest absolute Gasteiger partial charge is 0.496 e. The highest BCUT2D eigenvalue weighted by Gasteiger charge is 2.15. The second kappa shape index (κ2) is 5.83. The van der Waals surface area contributed by atoms with Crippen LogP contribution < -0.4 is 9.64 Å². The molecule has 1 fully saturated rings. The van der Waals surface area contributed by atoms with Gasteiger partial charge >= 0.3 is 0 Å². The highest BCUT2D eigenvalue weighted by molar-refractivity contribution is 5.99. The summed E-state index contributed by atoms with van der Waals surface area (Å²) in [6, 6.07) is 6.02. The topological polar surface area (TPSA) is 51.1 Å². The number of hydrogen-bond donors (Lipinski definition) is 0. The molecule has 116 valence electrons. The summed E-state index contributed by atoms with van der Waals surface area (Å²) in [6.45, 7) is 2.10. The third kappa shape index (κ3) is 2.48. The summed E-state index contributed by atoms with van der Waals surface area (Å²) >= 11 is 0. The molecule has 0 spiro atoms. The predicted octanol–water partition coefficient (Wildman–Crippen LogP) is 3.30. The lowest BCUT2D eigenvalue weighted by Crippen LogP contribution is -2.20. The van der Waals surface area contributed by atoms with Crippen molar-refractivity contribution in [1.29, 1.82) is 0 Å². The van der Waals surface area contributed by atoms with Gasteiger partial charge in [-0.25, -0.2) is 9.97 Å². The second-order valence-electron chi connectivity index (χ2n) is 5.70. The van der Waals surface area contributed by atoms with Crippen LogP contribution in [0.25, 0.3) is 21.9 Å². The van der Waals surface area contributed by atoms with Crippen LogP contribution >= 0.6 is 0 Å². The molecule has 0 saturated carbocycles. The van der Waals surface area contributed by atoms with Gasteiger partial charge in [0.05, 0.1) is 7.11 Å². The molecular formula is C18H18N4O. The smallest absolute Gasteiger partial charge is 0.225 e. The number of rotatable bonds is 3. The molecular weight excluding hydrogens is 288 g/mol. The molecule has 0 bridgehead atoms. The van der Waals surface area contributed by atoms with Crippen LogP contribution in [0.15, 0.2) is 43.0 Å². The standard InChI is InChI=1S/C18H18N4O/c1-23-17-5-4-14(15-6-7-19-12-16(15)17)13-10-20-18(21-11-13)22-8-2-3-9-22/h4-7,10-12H,2-3,8-9H2,1H3. The van der Waals surface area contributed by atoms with E-state index in [1.54, 1.807) is 13.3 Å². The Morgan fingerprint density at radius 2 is 1.74 bits per heavy atom. The van der Waals surface area contributed by atoms with Crippen molar-refractivity contribution in [1.82, 2.24) is 15.0 Å². The first-order valence-electron chi connectivity index (χ1n) is 7.85. The zero-order valence-corrected chi connectivity index (χ0v) is 13.1. The molecule has 0 N–H and O–H groups in total. The minimum atomic E-state index is 0.825. The number of fused-ring (bicyclic) bond motifs is 1. The molecule has 5 nitrogen and oxygen atoms in total. The van der Waals surface area contributed by atoms with Crippen molar-refractivity contribution in [3.63, 3.8) is 0 Å². The molecule has 1 saturated heterocycles. The summed E-state index contributed by atoms with van der Waals surface area (Å²) in [6.07, 6.45) is 9.88. The monoisotopic (exact) mass is 306 g/mol. The van der Waals surface area contributed by atoms with Crippen LogP contribution in [0.3, 0.4) is 0 Å². The lowest BCUT2D eigenvalue weighted by Gasteiger charge is -2.15. The molecule has 1 aliphatic heterocycles.